The van der Waals surface area contributed by atoms with Gasteiger partial charge < -0.3 is 10.2 Å². The van der Waals surface area contributed by atoms with Crippen LogP contribution in [-0.4, -0.2) is 18.6 Å². The number of anilines is 1. The van der Waals surface area contributed by atoms with Crippen LogP contribution in [0.15, 0.2) is 18.2 Å². The van der Waals surface area contributed by atoms with Crippen LogP contribution in [0.25, 0.3) is 0 Å². The van der Waals surface area contributed by atoms with Gasteiger partial charge >= 0.3 is 0 Å². The van der Waals surface area contributed by atoms with Crippen molar-refractivity contribution in [2.45, 2.75) is 51.7 Å². The number of hydrogen-bond acceptors (Lipinski definition) is 2. The van der Waals surface area contributed by atoms with Gasteiger partial charge in [0.1, 0.15) is 5.82 Å². The number of hydrogen-bond donors (Lipinski definition) is 1. The number of piperidine rings is 1. The Morgan fingerprint density at radius 2 is 2.21 bits per heavy atom. The summed E-state index contributed by atoms with van der Waals surface area (Å²) in [6, 6.07) is 6.53. The molecule has 1 aliphatic heterocycles. The van der Waals surface area contributed by atoms with Crippen LogP contribution in [0.5, 0.6) is 0 Å². The Bertz CT molecular complexity index is 458. The Morgan fingerprint density at radius 1 is 1.37 bits per heavy atom. The van der Waals surface area contributed by atoms with Crippen LogP contribution in [0, 0.1) is 11.7 Å². The van der Waals surface area contributed by atoms with E-state index in [1.165, 1.54) is 19.3 Å². The maximum absolute atomic E-state index is 14.1. The van der Waals surface area contributed by atoms with Crippen LogP contribution in [0.1, 0.15) is 38.7 Å². The standard InChI is InChI=1S/C16H23FN2/c1-11(2)18-9-14-15(17)4-3-5-16(14)19-10-12-6-7-13(19)8-12/h3-5,11-13,18H,6-10H2,1-2H3. The summed E-state index contributed by atoms with van der Waals surface area (Å²) in [5.74, 6) is 0.757. The van der Waals surface area contributed by atoms with Gasteiger partial charge in [0.05, 0.1) is 0 Å². The largest absolute Gasteiger partial charge is 0.368 e. The molecule has 2 bridgehead atoms. The summed E-state index contributed by atoms with van der Waals surface area (Å²) in [5.41, 5.74) is 1.95. The lowest BCUT2D eigenvalue weighted by Crippen LogP contribution is -2.33. The molecule has 1 aliphatic carbocycles. The van der Waals surface area contributed by atoms with Crippen LogP contribution in [0.3, 0.4) is 0 Å². The highest BCUT2D eigenvalue weighted by Crippen LogP contribution is 2.41. The van der Waals surface area contributed by atoms with Crippen molar-refractivity contribution in [3.8, 4) is 0 Å². The lowest BCUT2D eigenvalue weighted by Gasteiger charge is -2.31. The van der Waals surface area contributed by atoms with E-state index in [1.807, 2.05) is 6.07 Å². The molecule has 1 aromatic rings. The van der Waals surface area contributed by atoms with Crippen LogP contribution in [0.4, 0.5) is 10.1 Å². The van der Waals surface area contributed by atoms with Crippen molar-refractivity contribution >= 4 is 5.69 Å². The molecule has 0 radical (unpaired) electrons. The van der Waals surface area contributed by atoms with Gasteiger partial charge in [-0.15, -0.1) is 0 Å². The zero-order valence-electron chi connectivity index (χ0n) is 11.8. The molecule has 2 fully saturated rings. The molecule has 2 aliphatic rings. The summed E-state index contributed by atoms with van der Waals surface area (Å²) < 4.78 is 14.1. The van der Waals surface area contributed by atoms with Crippen LogP contribution in [-0.2, 0) is 6.54 Å². The third kappa shape index (κ3) is 2.48. The third-order valence-electron chi connectivity index (χ3n) is 4.50. The van der Waals surface area contributed by atoms with Gasteiger partial charge in [-0.2, -0.15) is 0 Å². The maximum atomic E-state index is 14.1. The summed E-state index contributed by atoms with van der Waals surface area (Å²) in [4.78, 5) is 2.44. The second-order valence-corrected chi connectivity index (χ2v) is 6.26. The van der Waals surface area contributed by atoms with Crippen LogP contribution >= 0.6 is 0 Å². The van der Waals surface area contributed by atoms with Crippen molar-refractivity contribution in [1.82, 2.24) is 5.32 Å². The predicted molar refractivity (Wildman–Crippen MR) is 76.9 cm³/mol. The van der Waals surface area contributed by atoms with E-state index in [2.05, 4.69) is 30.1 Å². The molecule has 2 atom stereocenters. The molecule has 1 saturated heterocycles. The first-order chi connectivity index (χ1) is 9.15. The third-order valence-corrected chi connectivity index (χ3v) is 4.50. The SMILES string of the molecule is CC(C)NCc1c(F)cccc1N1CC2CCC1C2. The fourth-order valence-corrected chi connectivity index (χ4v) is 3.52. The minimum atomic E-state index is -0.0755. The molecular formula is C16H23FN2. The smallest absolute Gasteiger partial charge is 0.129 e. The molecule has 0 amide bonds. The molecular weight excluding hydrogens is 239 g/mol. The lowest BCUT2D eigenvalue weighted by molar-refractivity contribution is 0.535. The average Bonchev–Trinajstić information content (AvgIpc) is 2.99. The van der Waals surface area contributed by atoms with E-state index in [1.54, 1.807) is 6.07 Å². The summed E-state index contributed by atoms with van der Waals surface area (Å²) in [7, 11) is 0. The number of fused-ring (bicyclic) bond motifs is 2. The van der Waals surface area contributed by atoms with Crippen molar-refractivity contribution in [3.63, 3.8) is 0 Å². The van der Waals surface area contributed by atoms with Crippen LogP contribution in [0.2, 0.25) is 0 Å². The molecule has 0 spiro atoms. The fraction of sp³-hybridized carbons (Fsp3) is 0.625. The van der Waals surface area contributed by atoms with Gasteiger partial charge in [-0.1, -0.05) is 19.9 Å². The molecule has 0 aromatic heterocycles. The number of nitrogens with one attached hydrogen (secondary N) is 1. The Morgan fingerprint density at radius 3 is 2.84 bits per heavy atom. The maximum Gasteiger partial charge on any atom is 0.129 e. The predicted octanol–water partition coefficient (Wildman–Crippen LogP) is 3.31. The Hall–Kier alpha value is -1.09. The van der Waals surface area contributed by atoms with Gasteiger partial charge in [0.2, 0.25) is 0 Å². The molecule has 3 heteroatoms. The van der Waals surface area contributed by atoms with Gasteiger partial charge in [0.25, 0.3) is 0 Å². The second kappa shape index (κ2) is 5.12. The van der Waals surface area contributed by atoms with E-state index in [0.29, 0.717) is 18.6 Å². The summed E-state index contributed by atoms with van der Waals surface area (Å²) >= 11 is 0. The fourth-order valence-electron chi connectivity index (χ4n) is 3.52. The van der Waals surface area contributed by atoms with Gasteiger partial charge in [0, 0.05) is 36.4 Å². The quantitative estimate of drug-likeness (QED) is 0.895. The van der Waals surface area contributed by atoms with Crippen molar-refractivity contribution in [1.29, 1.82) is 0 Å². The molecule has 1 saturated carbocycles. The minimum absolute atomic E-state index is 0.0755. The summed E-state index contributed by atoms with van der Waals surface area (Å²) in [5, 5.41) is 3.34. The highest BCUT2D eigenvalue weighted by Gasteiger charge is 2.38. The number of nitrogens with zero attached hydrogens (tertiary/aromatic N) is 1. The topological polar surface area (TPSA) is 15.3 Å². The van der Waals surface area contributed by atoms with Crippen molar-refractivity contribution in [2.75, 3.05) is 11.4 Å². The summed E-state index contributed by atoms with van der Waals surface area (Å²) in [6.07, 6.45) is 3.93. The Labute approximate surface area is 115 Å². The number of rotatable bonds is 4. The molecule has 19 heavy (non-hydrogen) atoms. The number of benzene rings is 1. The van der Waals surface area contributed by atoms with Crippen molar-refractivity contribution in [2.24, 2.45) is 5.92 Å². The van der Waals surface area contributed by atoms with Crippen molar-refractivity contribution in [3.05, 3.63) is 29.6 Å². The Kier molecular flexibility index (Phi) is 3.48. The van der Waals surface area contributed by atoms with Crippen LogP contribution < -0.4 is 10.2 Å². The molecule has 1 N–H and O–H groups in total. The van der Waals surface area contributed by atoms with Gasteiger partial charge in [-0.05, 0) is 37.3 Å². The van der Waals surface area contributed by atoms with E-state index >= 15 is 0 Å². The molecule has 104 valence electrons. The second-order valence-electron chi connectivity index (χ2n) is 6.26. The van der Waals surface area contributed by atoms with E-state index in [0.717, 1.165) is 23.7 Å². The normalized spacial score (nSPS) is 25.6. The zero-order valence-corrected chi connectivity index (χ0v) is 11.8. The molecule has 1 heterocycles. The van der Waals surface area contributed by atoms with E-state index in [9.17, 15) is 4.39 Å². The van der Waals surface area contributed by atoms with Gasteiger partial charge in [-0.3, -0.25) is 0 Å². The first kappa shape index (κ1) is 12.9. The minimum Gasteiger partial charge on any atom is -0.368 e. The molecule has 2 unspecified atom stereocenters. The van der Waals surface area contributed by atoms with E-state index in [-0.39, 0.29) is 5.82 Å². The highest BCUT2D eigenvalue weighted by molar-refractivity contribution is 5.56. The lowest BCUT2D eigenvalue weighted by atomic mass is 10.1. The number of halogens is 1. The average molecular weight is 262 g/mol. The first-order valence-electron chi connectivity index (χ1n) is 7.42. The Balaban J connectivity index is 1.86. The summed E-state index contributed by atoms with van der Waals surface area (Å²) in [6.45, 7) is 5.92. The molecule has 1 aromatic carbocycles. The first-order valence-corrected chi connectivity index (χ1v) is 7.42. The van der Waals surface area contributed by atoms with E-state index in [4.69, 9.17) is 0 Å². The highest BCUT2D eigenvalue weighted by atomic mass is 19.1. The monoisotopic (exact) mass is 262 g/mol. The van der Waals surface area contributed by atoms with Gasteiger partial charge in [0.15, 0.2) is 0 Å². The van der Waals surface area contributed by atoms with Crippen molar-refractivity contribution < 1.29 is 4.39 Å². The van der Waals surface area contributed by atoms with E-state index < -0.39 is 0 Å². The zero-order chi connectivity index (χ0) is 13.4. The molecule has 2 nitrogen and oxygen atoms in total. The molecule has 3 rings (SSSR count). The van der Waals surface area contributed by atoms with Gasteiger partial charge in [-0.25, -0.2) is 4.39 Å².